The van der Waals surface area contributed by atoms with Gasteiger partial charge in [0.05, 0.1) is 5.60 Å². The Morgan fingerprint density at radius 3 is 1.37 bits per heavy atom. The summed E-state index contributed by atoms with van der Waals surface area (Å²) >= 11 is 11.9. The Morgan fingerprint density at radius 2 is 0.953 bits per heavy atom. The van der Waals surface area contributed by atoms with Crippen LogP contribution in [0, 0.1) is 0 Å². The highest BCUT2D eigenvalue weighted by Gasteiger charge is 2.33. The Morgan fingerprint density at radius 1 is 0.558 bits per heavy atom. The van der Waals surface area contributed by atoms with Crippen LogP contribution in [-0.4, -0.2) is 46.7 Å². The Hall–Kier alpha value is -2.66. The monoisotopic (exact) mass is 616 g/mol. The van der Waals surface area contributed by atoms with E-state index in [2.05, 4.69) is 83.5 Å². The fraction of sp³-hybridized carbons (Fsp3) is 0.368. The smallest absolute Gasteiger partial charge is 0.0644 e. The first-order chi connectivity index (χ1) is 20.7. The summed E-state index contributed by atoms with van der Waals surface area (Å²) in [4.78, 5) is 4.96. The minimum atomic E-state index is -0.437. The summed E-state index contributed by atoms with van der Waals surface area (Å²) in [6.07, 6.45) is 4.12. The van der Waals surface area contributed by atoms with E-state index < -0.39 is 5.60 Å². The summed E-state index contributed by atoms with van der Waals surface area (Å²) in [5.74, 6) is 0. The molecule has 0 aliphatic carbocycles. The molecule has 0 saturated carbocycles. The second-order valence-corrected chi connectivity index (χ2v) is 13.2. The van der Waals surface area contributed by atoms with E-state index in [4.69, 9.17) is 23.2 Å². The summed E-state index contributed by atoms with van der Waals surface area (Å²) < 4.78 is 0. The van der Waals surface area contributed by atoms with Crippen molar-refractivity contribution in [3.63, 3.8) is 0 Å². The van der Waals surface area contributed by atoms with E-state index in [1.807, 2.05) is 55.5 Å². The van der Waals surface area contributed by atoms with Gasteiger partial charge < -0.3 is 5.11 Å². The fourth-order valence-electron chi connectivity index (χ4n) is 5.72. The molecule has 6 rings (SSSR count). The molecule has 0 radical (unpaired) electrons. The molecule has 0 atom stereocenters. The van der Waals surface area contributed by atoms with Crippen molar-refractivity contribution in [1.29, 1.82) is 0 Å². The highest BCUT2D eigenvalue weighted by Crippen LogP contribution is 2.38. The van der Waals surface area contributed by atoms with Crippen molar-refractivity contribution in [1.82, 2.24) is 9.80 Å². The predicted molar refractivity (Wildman–Crippen MR) is 183 cm³/mol. The lowest BCUT2D eigenvalue weighted by Gasteiger charge is -2.40. The minimum absolute atomic E-state index is 0.214. The zero-order chi connectivity index (χ0) is 30.5. The van der Waals surface area contributed by atoms with Crippen molar-refractivity contribution in [2.24, 2.45) is 0 Å². The highest BCUT2D eigenvalue weighted by molar-refractivity contribution is 6.31. The molecule has 2 aliphatic rings. The van der Waals surface area contributed by atoms with Gasteiger partial charge in [0.2, 0.25) is 0 Å². The maximum absolute atomic E-state index is 9.83. The van der Waals surface area contributed by atoms with Crippen LogP contribution >= 0.6 is 23.2 Å². The third kappa shape index (κ3) is 11.1. The first-order valence-electron chi connectivity index (χ1n) is 15.4. The molecule has 5 heteroatoms. The van der Waals surface area contributed by atoms with Gasteiger partial charge in [0.25, 0.3) is 0 Å². The highest BCUT2D eigenvalue weighted by atomic mass is 35.5. The predicted octanol–water partition coefficient (Wildman–Crippen LogP) is 9.27. The molecule has 4 aromatic carbocycles. The maximum Gasteiger partial charge on any atom is 0.0644 e. The number of nitrogens with zero attached hydrogens (tertiary/aromatic N) is 2. The van der Waals surface area contributed by atoms with Crippen molar-refractivity contribution < 1.29 is 5.11 Å². The number of hydrogen-bond donors (Lipinski definition) is 1. The molecule has 43 heavy (non-hydrogen) atoms. The van der Waals surface area contributed by atoms with Crippen molar-refractivity contribution in [3.05, 3.63) is 142 Å². The Balaban J connectivity index is 0.000000167. The van der Waals surface area contributed by atoms with Crippen LogP contribution in [-0.2, 0) is 18.5 Å². The molecule has 228 valence electrons. The first kappa shape index (κ1) is 33.2. The van der Waals surface area contributed by atoms with Crippen LogP contribution in [0.1, 0.15) is 56.2 Å². The van der Waals surface area contributed by atoms with Gasteiger partial charge in [0.1, 0.15) is 0 Å². The van der Waals surface area contributed by atoms with Crippen LogP contribution in [0.2, 0.25) is 10.0 Å². The molecular weight excluding hydrogens is 571 g/mol. The Labute approximate surface area is 269 Å². The molecule has 2 aliphatic heterocycles. The molecule has 0 amide bonds. The lowest BCUT2D eigenvalue weighted by Crippen LogP contribution is -2.41. The number of halogens is 2. The van der Waals surface area contributed by atoms with Gasteiger partial charge in [-0.2, -0.15) is 0 Å². The van der Waals surface area contributed by atoms with E-state index >= 15 is 0 Å². The second-order valence-electron chi connectivity index (χ2n) is 12.4. The van der Waals surface area contributed by atoms with E-state index in [1.54, 1.807) is 0 Å². The SMILES string of the molecule is CC1(O)CCN(Cc2ccccc2)CC1.CC1(c2ccccc2Cl)CCN(Cc2ccccc2)CC1.Clc1ccccc1. The molecule has 1 N–H and O–H groups in total. The van der Waals surface area contributed by atoms with Crippen LogP contribution in [0.4, 0.5) is 0 Å². The molecule has 0 bridgehead atoms. The normalized spacial score (nSPS) is 18.0. The van der Waals surface area contributed by atoms with Gasteiger partial charge >= 0.3 is 0 Å². The number of likely N-dealkylation sites (tertiary alicyclic amines) is 2. The largest absolute Gasteiger partial charge is 0.390 e. The molecule has 2 heterocycles. The molecule has 4 aromatic rings. The zero-order valence-electron chi connectivity index (χ0n) is 25.6. The van der Waals surface area contributed by atoms with Gasteiger partial charge in [0.15, 0.2) is 0 Å². The van der Waals surface area contributed by atoms with Gasteiger partial charge in [0, 0.05) is 36.2 Å². The van der Waals surface area contributed by atoms with Crippen LogP contribution in [0.25, 0.3) is 0 Å². The lowest BCUT2D eigenvalue weighted by molar-refractivity contribution is -0.00730. The number of aliphatic hydroxyl groups is 1. The molecule has 3 nitrogen and oxygen atoms in total. The molecule has 2 saturated heterocycles. The summed E-state index contributed by atoms with van der Waals surface area (Å²) in [5.41, 5.74) is 3.85. The van der Waals surface area contributed by atoms with Crippen LogP contribution < -0.4 is 0 Å². The van der Waals surface area contributed by atoms with Gasteiger partial charge in [-0.1, -0.05) is 127 Å². The number of benzene rings is 4. The molecule has 0 spiro atoms. The standard InChI is InChI=1S/C19H22ClN.C13H19NO.C6H5Cl/c1-19(17-9-5-6-10-18(17)20)11-13-21(14-12-19)15-16-7-3-2-4-8-16;1-13(15)7-9-14(10-8-13)11-12-5-3-2-4-6-12;7-6-4-2-1-3-5-6/h2-10H,11-15H2,1H3;2-6,15H,7-11H2,1H3;1-5H. The van der Waals surface area contributed by atoms with Crippen molar-refractivity contribution >= 4 is 23.2 Å². The van der Waals surface area contributed by atoms with Gasteiger partial charge in [-0.25, -0.2) is 0 Å². The minimum Gasteiger partial charge on any atom is -0.390 e. The van der Waals surface area contributed by atoms with Crippen LogP contribution in [0.5, 0.6) is 0 Å². The van der Waals surface area contributed by atoms with E-state index in [0.29, 0.717) is 0 Å². The number of hydrogen-bond acceptors (Lipinski definition) is 3. The summed E-state index contributed by atoms with van der Waals surface area (Å²) in [6.45, 7) is 10.6. The third-order valence-corrected chi connectivity index (χ3v) is 9.23. The Kier molecular flexibility index (Phi) is 12.7. The topological polar surface area (TPSA) is 26.7 Å². The van der Waals surface area contributed by atoms with Gasteiger partial charge in [-0.15, -0.1) is 0 Å². The van der Waals surface area contributed by atoms with Crippen LogP contribution in [0.3, 0.4) is 0 Å². The van der Waals surface area contributed by atoms with E-state index in [9.17, 15) is 5.11 Å². The second kappa shape index (κ2) is 16.4. The molecule has 0 unspecified atom stereocenters. The zero-order valence-corrected chi connectivity index (χ0v) is 27.2. The van der Waals surface area contributed by atoms with E-state index in [0.717, 1.165) is 62.2 Å². The first-order valence-corrected chi connectivity index (χ1v) is 16.2. The van der Waals surface area contributed by atoms with E-state index in [-0.39, 0.29) is 5.41 Å². The van der Waals surface area contributed by atoms with Crippen molar-refractivity contribution in [2.45, 2.75) is 63.6 Å². The molecule has 0 aromatic heterocycles. The maximum atomic E-state index is 9.83. The van der Waals surface area contributed by atoms with Crippen molar-refractivity contribution in [2.75, 3.05) is 26.2 Å². The van der Waals surface area contributed by atoms with Crippen LogP contribution in [0.15, 0.2) is 115 Å². The number of rotatable bonds is 5. The fourth-order valence-corrected chi connectivity index (χ4v) is 6.22. The Bertz CT molecular complexity index is 1330. The lowest BCUT2D eigenvalue weighted by atomic mass is 9.74. The number of piperidine rings is 2. The summed E-state index contributed by atoms with van der Waals surface area (Å²) in [6, 6.07) is 39.0. The van der Waals surface area contributed by atoms with Crippen molar-refractivity contribution in [3.8, 4) is 0 Å². The molecule has 2 fully saturated rings. The third-order valence-electron chi connectivity index (χ3n) is 8.65. The molecular formula is C38H46Cl2N2O. The average molecular weight is 618 g/mol. The van der Waals surface area contributed by atoms with Gasteiger partial charge in [-0.3, -0.25) is 9.80 Å². The quantitative estimate of drug-likeness (QED) is 0.242. The van der Waals surface area contributed by atoms with Gasteiger partial charge in [-0.05, 0) is 86.0 Å². The van der Waals surface area contributed by atoms with E-state index in [1.165, 1.54) is 29.5 Å². The average Bonchev–Trinajstić information content (AvgIpc) is 3.02. The summed E-state index contributed by atoms with van der Waals surface area (Å²) in [7, 11) is 0. The summed E-state index contributed by atoms with van der Waals surface area (Å²) in [5, 5.41) is 11.5.